The summed E-state index contributed by atoms with van der Waals surface area (Å²) in [5.74, 6) is -2.45. The van der Waals surface area contributed by atoms with E-state index in [2.05, 4.69) is 15.2 Å². The highest BCUT2D eigenvalue weighted by atomic mass is 32.2. The first-order chi connectivity index (χ1) is 11.2. The first-order valence-electron chi connectivity index (χ1n) is 6.84. The van der Waals surface area contributed by atoms with Crippen molar-refractivity contribution in [2.24, 2.45) is 0 Å². The third-order valence-electron chi connectivity index (χ3n) is 3.14. The molecule has 1 N–H and O–H groups in total. The van der Waals surface area contributed by atoms with E-state index < -0.39 is 18.0 Å². The molecule has 0 saturated carbocycles. The highest BCUT2D eigenvalue weighted by molar-refractivity contribution is 8.00. The standard InChI is InChI=1S/C14H11F3N4O2S/c1-6(2)24-11-10-19-20-13(14(15,16)17)21(10)9-5-7(12(22)23)3-4-8(9)18-11/h3-6H,1-2H3,(H,22,23). The molecule has 0 bridgehead atoms. The highest BCUT2D eigenvalue weighted by Gasteiger charge is 2.38. The number of halogens is 3. The molecule has 0 fully saturated rings. The summed E-state index contributed by atoms with van der Waals surface area (Å²) in [6.07, 6.45) is -4.73. The van der Waals surface area contributed by atoms with Gasteiger partial charge in [-0.05, 0) is 18.2 Å². The largest absolute Gasteiger partial charge is 0.478 e. The van der Waals surface area contributed by atoms with Gasteiger partial charge in [0, 0.05) is 5.25 Å². The van der Waals surface area contributed by atoms with Crippen LogP contribution in [0.4, 0.5) is 13.2 Å². The number of nitrogens with zero attached hydrogens (tertiary/aromatic N) is 4. The monoisotopic (exact) mass is 356 g/mol. The van der Waals surface area contributed by atoms with Gasteiger partial charge < -0.3 is 5.11 Å². The molecule has 126 valence electrons. The smallest absolute Gasteiger partial charge is 0.452 e. The molecule has 3 rings (SSSR count). The zero-order valence-electron chi connectivity index (χ0n) is 12.5. The van der Waals surface area contributed by atoms with Crippen molar-refractivity contribution in [3.8, 4) is 0 Å². The number of carboxylic acid groups (broad SMARTS) is 1. The van der Waals surface area contributed by atoms with Crippen LogP contribution in [0.25, 0.3) is 16.7 Å². The molecule has 0 aliphatic heterocycles. The number of thioether (sulfide) groups is 1. The van der Waals surface area contributed by atoms with Crippen LogP contribution in [0.2, 0.25) is 0 Å². The minimum atomic E-state index is -4.73. The van der Waals surface area contributed by atoms with Crippen LogP contribution in [0, 0.1) is 0 Å². The molecule has 0 aliphatic rings. The predicted octanol–water partition coefficient (Wildman–Crippen LogP) is 3.50. The van der Waals surface area contributed by atoms with Gasteiger partial charge in [-0.15, -0.1) is 10.2 Å². The normalized spacial score (nSPS) is 12.4. The van der Waals surface area contributed by atoms with Gasteiger partial charge >= 0.3 is 12.1 Å². The summed E-state index contributed by atoms with van der Waals surface area (Å²) in [5, 5.41) is 16.3. The molecule has 0 atom stereocenters. The van der Waals surface area contributed by atoms with Crippen molar-refractivity contribution in [3.63, 3.8) is 0 Å². The molecule has 24 heavy (non-hydrogen) atoms. The van der Waals surface area contributed by atoms with E-state index in [1.165, 1.54) is 23.9 Å². The van der Waals surface area contributed by atoms with E-state index in [9.17, 15) is 18.0 Å². The molecule has 2 aromatic heterocycles. The van der Waals surface area contributed by atoms with Crippen molar-refractivity contribution in [1.29, 1.82) is 0 Å². The minimum Gasteiger partial charge on any atom is -0.478 e. The Labute approximate surface area is 137 Å². The maximum absolute atomic E-state index is 13.3. The van der Waals surface area contributed by atoms with E-state index in [0.29, 0.717) is 5.03 Å². The third-order valence-corrected chi connectivity index (χ3v) is 4.11. The van der Waals surface area contributed by atoms with Crippen molar-refractivity contribution in [3.05, 3.63) is 29.6 Å². The number of aromatic nitrogens is 4. The Morgan fingerprint density at radius 3 is 2.58 bits per heavy atom. The number of aromatic carboxylic acids is 1. The maximum Gasteiger partial charge on any atom is 0.452 e. The Kier molecular flexibility index (Phi) is 3.86. The van der Waals surface area contributed by atoms with Crippen LogP contribution in [-0.2, 0) is 6.18 Å². The van der Waals surface area contributed by atoms with Crippen LogP contribution in [0.15, 0.2) is 23.2 Å². The first kappa shape index (κ1) is 16.5. The Bertz CT molecular complexity index is 952. The molecular formula is C14H11F3N4O2S. The van der Waals surface area contributed by atoms with Gasteiger partial charge in [0.1, 0.15) is 5.03 Å². The Morgan fingerprint density at radius 1 is 1.29 bits per heavy atom. The van der Waals surface area contributed by atoms with Gasteiger partial charge in [0.2, 0.25) is 5.82 Å². The summed E-state index contributed by atoms with van der Waals surface area (Å²) in [6.45, 7) is 3.75. The lowest BCUT2D eigenvalue weighted by atomic mass is 10.2. The molecule has 2 heterocycles. The predicted molar refractivity (Wildman–Crippen MR) is 81.2 cm³/mol. The van der Waals surface area contributed by atoms with Crippen molar-refractivity contribution >= 4 is 34.4 Å². The van der Waals surface area contributed by atoms with Crippen molar-refractivity contribution in [2.75, 3.05) is 0 Å². The zero-order chi connectivity index (χ0) is 17.6. The second-order valence-electron chi connectivity index (χ2n) is 5.27. The average molecular weight is 356 g/mol. The van der Waals surface area contributed by atoms with E-state index in [1.54, 1.807) is 0 Å². The molecule has 6 nitrogen and oxygen atoms in total. The fraction of sp³-hybridized carbons (Fsp3) is 0.286. The summed E-state index contributed by atoms with van der Waals surface area (Å²) in [5.41, 5.74) is 0.0454. The molecule has 3 aromatic rings. The van der Waals surface area contributed by atoms with E-state index in [1.807, 2.05) is 13.8 Å². The van der Waals surface area contributed by atoms with E-state index in [4.69, 9.17) is 5.11 Å². The van der Waals surface area contributed by atoms with E-state index in [0.717, 1.165) is 10.5 Å². The lowest BCUT2D eigenvalue weighted by Gasteiger charge is -2.11. The summed E-state index contributed by atoms with van der Waals surface area (Å²) in [7, 11) is 0. The van der Waals surface area contributed by atoms with Crippen LogP contribution in [-0.4, -0.2) is 35.9 Å². The fourth-order valence-electron chi connectivity index (χ4n) is 2.23. The second-order valence-corrected chi connectivity index (χ2v) is 6.84. The van der Waals surface area contributed by atoms with Crippen LogP contribution in [0.1, 0.15) is 30.0 Å². The van der Waals surface area contributed by atoms with Gasteiger partial charge in [-0.3, -0.25) is 4.40 Å². The summed E-state index contributed by atoms with van der Waals surface area (Å²) < 4.78 is 40.6. The number of fused-ring (bicyclic) bond motifs is 3. The summed E-state index contributed by atoms with van der Waals surface area (Å²) in [4.78, 5) is 15.4. The Hall–Kier alpha value is -2.36. The fourth-order valence-corrected chi connectivity index (χ4v) is 3.06. The topological polar surface area (TPSA) is 80.4 Å². The molecular weight excluding hydrogens is 345 g/mol. The van der Waals surface area contributed by atoms with Gasteiger partial charge in [-0.2, -0.15) is 13.2 Å². The molecule has 0 unspecified atom stereocenters. The molecule has 10 heteroatoms. The quantitative estimate of drug-likeness (QED) is 0.724. The number of benzene rings is 1. The van der Waals surface area contributed by atoms with Gasteiger partial charge in [0.05, 0.1) is 16.6 Å². The highest BCUT2D eigenvalue weighted by Crippen LogP contribution is 2.34. The second kappa shape index (κ2) is 5.62. The summed E-state index contributed by atoms with van der Waals surface area (Å²) >= 11 is 1.26. The van der Waals surface area contributed by atoms with Gasteiger partial charge in [0.25, 0.3) is 0 Å². The van der Waals surface area contributed by atoms with Crippen LogP contribution in [0.3, 0.4) is 0 Å². The Morgan fingerprint density at radius 2 is 2.00 bits per heavy atom. The van der Waals surface area contributed by atoms with Crippen LogP contribution >= 0.6 is 11.8 Å². The van der Waals surface area contributed by atoms with Crippen LogP contribution in [0.5, 0.6) is 0 Å². The SMILES string of the molecule is CC(C)Sc1nc2ccc(C(=O)O)cc2n2c(C(F)(F)F)nnc12. The zero-order valence-corrected chi connectivity index (χ0v) is 13.3. The number of hydrogen-bond donors (Lipinski definition) is 1. The number of alkyl halides is 3. The van der Waals surface area contributed by atoms with Gasteiger partial charge in [-0.1, -0.05) is 25.6 Å². The molecule has 0 aliphatic carbocycles. The van der Waals surface area contributed by atoms with Gasteiger partial charge in [0.15, 0.2) is 5.65 Å². The third kappa shape index (κ3) is 2.77. The first-order valence-corrected chi connectivity index (χ1v) is 7.72. The number of carboxylic acids is 1. The van der Waals surface area contributed by atoms with Crippen molar-refractivity contribution < 1.29 is 23.1 Å². The lowest BCUT2D eigenvalue weighted by Crippen LogP contribution is -2.12. The number of hydrogen-bond acceptors (Lipinski definition) is 5. The molecule has 0 saturated heterocycles. The molecule has 0 spiro atoms. The van der Waals surface area contributed by atoms with Gasteiger partial charge in [-0.25, -0.2) is 9.78 Å². The average Bonchev–Trinajstić information content (AvgIpc) is 2.91. The molecule has 0 amide bonds. The van der Waals surface area contributed by atoms with E-state index >= 15 is 0 Å². The van der Waals surface area contributed by atoms with Crippen molar-refractivity contribution in [1.82, 2.24) is 19.6 Å². The maximum atomic E-state index is 13.3. The van der Waals surface area contributed by atoms with Crippen molar-refractivity contribution in [2.45, 2.75) is 30.3 Å². The number of carbonyl (C=O) groups is 1. The molecule has 1 aromatic carbocycles. The summed E-state index contributed by atoms with van der Waals surface area (Å²) in [6, 6.07) is 3.81. The lowest BCUT2D eigenvalue weighted by molar-refractivity contribution is -0.145. The van der Waals surface area contributed by atoms with E-state index in [-0.39, 0.29) is 27.5 Å². The molecule has 0 radical (unpaired) electrons. The minimum absolute atomic E-state index is 0.00432. The number of rotatable bonds is 3. The Balaban J connectivity index is 2.44. The van der Waals surface area contributed by atoms with Crippen LogP contribution < -0.4 is 0 Å².